The maximum Gasteiger partial charge on any atom is 0.129 e. The fourth-order valence-electron chi connectivity index (χ4n) is 2.32. The smallest absolute Gasteiger partial charge is 0.129 e. The van der Waals surface area contributed by atoms with Gasteiger partial charge in [-0.2, -0.15) is 5.10 Å². The monoisotopic (exact) mass is 279 g/mol. The minimum atomic E-state index is -0.543. The maximum absolute atomic E-state index is 13.7. The normalized spacial score (nSPS) is 12.6. The molecular weight excluding hydrogens is 260 g/mol. The summed E-state index contributed by atoms with van der Waals surface area (Å²) >= 11 is 0. The molecule has 0 spiro atoms. The summed E-state index contributed by atoms with van der Waals surface area (Å²) < 4.78 is 28.4. The predicted octanol–water partition coefficient (Wildman–Crippen LogP) is 2.46. The van der Waals surface area contributed by atoms with Crippen LogP contribution in [-0.2, 0) is 19.9 Å². The van der Waals surface area contributed by atoms with Crippen LogP contribution in [0.2, 0.25) is 0 Å². The van der Waals surface area contributed by atoms with Gasteiger partial charge in [-0.3, -0.25) is 4.68 Å². The van der Waals surface area contributed by atoms with E-state index in [1.54, 1.807) is 4.68 Å². The second-order valence-electron chi connectivity index (χ2n) is 4.92. The largest absolute Gasteiger partial charge is 0.314 e. The van der Waals surface area contributed by atoms with E-state index in [1.165, 1.54) is 12.1 Å². The van der Waals surface area contributed by atoms with Gasteiger partial charge in [0, 0.05) is 25.4 Å². The van der Waals surface area contributed by atoms with Gasteiger partial charge >= 0.3 is 0 Å². The Morgan fingerprint density at radius 3 is 2.70 bits per heavy atom. The Morgan fingerprint density at radius 2 is 2.10 bits per heavy atom. The van der Waals surface area contributed by atoms with E-state index in [4.69, 9.17) is 0 Å². The average molecular weight is 279 g/mol. The molecule has 0 saturated carbocycles. The highest BCUT2D eigenvalue weighted by atomic mass is 19.1. The highest BCUT2D eigenvalue weighted by molar-refractivity contribution is 5.20. The molecule has 1 atom stereocenters. The number of benzene rings is 1. The van der Waals surface area contributed by atoms with E-state index in [1.807, 2.05) is 26.4 Å². The van der Waals surface area contributed by atoms with Gasteiger partial charge < -0.3 is 5.32 Å². The van der Waals surface area contributed by atoms with E-state index in [-0.39, 0.29) is 6.04 Å². The molecule has 0 bridgehead atoms. The first-order chi connectivity index (χ1) is 9.58. The molecule has 2 aromatic rings. The van der Waals surface area contributed by atoms with Gasteiger partial charge in [-0.05, 0) is 36.6 Å². The van der Waals surface area contributed by atoms with E-state index in [0.717, 1.165) is 24.6 Å². The van der Waals surface area contributed by atoms with E-state index in [9.17, 15) is 8.78 Å². The molecule has 1 heterocycles. The van der Waals surface area contributed by atoms with Crippen LogP contribution in [0.1, 0.15) is 18.1 Å². The zero-order chi connectivity index (χ0) is 14.5. The standard InChI is InChI=1S/C15H19F2N3/c1-3-18-14(6-11-9-19-20(2)10-11)7-12-4-5-13(16)8-15(12)17/h4-5,8-10,14,18H,3,6-7H2,1-2H3. The van der Waals surface area contributed by atoms with Crippen LogP contribution in [0.4, 0.5) is 8.78 Å². The molecule has 2 rings (SSSR count). The second-order valence-corrected chi connectivity index (χ2v) is 4.92. The summed E-state index contributed by atoms with van der Waals surface area (Å²) in [5, 5.41) is 7.46. The summed E-state index contributed by atoms with van der Waals surface area (Å²) in [6.45, 7) is 2.81. The number of hydrogen-bond acceptors (Lipinski definition) is 2. The predicted molar refractivity (Wildman–Crippen MR) is 74.4 cm³/mol. The van der Waals surface area contributed by atoms with Crippen molar-refractivity contribution in [2.45, 2.75) is 25.8 Å². The first-order valence-corrected chi connectivity index (χ1v) is 6.73. The summed E-state index contributed by atoms with van der Waals surface area (Å²) in [6.07, 6.45) is 5.05. The Bertz CT molecular complexity index is 566. The van der Waals surface area contributed by atoms with Crippen molar-refractivity contribution in [3.05, 3.63) is 53.4 Å². The van der Waals surface area contributed by atoms with Crippen LogP contribution < -0.4 is 5.32 Å². The number of rotatable bonds is 6. The van der Waals surface area contributed by atoms with Crippen molar-refractivity contribution in [1.29, 1.82) is 0 Å². The highest BCUT2D eigenvalue weighted by Gasteiger charge is 2.13. The van der Waals surface area contributed by atoms with Gasteiger partial charge in [0.05, 0.1) is 6.20 Å². The van der Waals surface area contributed by atoms with Crippen molar-refractivity contribution >= 4 is 0 Å². The molecule has 1 aromatic heterocycles. The van der Waals surface area contributed by atoms with Crippen LogP contribution in [0.3, 0.4) is 0 Å². The van der Waals surface area contributed by atoms with Crippen LogP contribution in [-0.4, -0.2) is 22.4 Å². The van der Waals surface area contributed by atoms with Crippen molar-refractivity contribution in [2.24, 2.45) is 7.05 Å². The quantitative estimate of drug-likeness (QED) is 0.880. The van der Waals surface area contributed by atoms with Gasteiger partial charge in [0.15, 0.2) is 0 Å². The summed E-state index contributed by atoms with van der Waals surface area (Å²) in [5.41, 5.74) is 1.63. The Labute approximate surface area is 117 Å². The Kier molecular flexibility index (Phi) is 4.84. The number of likely N-dealkylation sites (N-methyl/N-ethyl adjacent to an activating group) is 1. The number of nitrogens with one attached hydrogen (secondary N) is 1. The van der Waals surface area contributed by atoms with E-state index in [0.29, 0.717) is 12.0 Å². The summed E-state index contributed by atoms with van der Waals surface area (Å²) in [7, 11) is 1.87. The zero-order valence-corrected chi connectivity index (χ0v) is 11.7. The van der Waals surface area contributed by atoms with Gasteiger partial charge in [0.25, 0.3) is 0 Å². The lowest BCUT2D eigenvalue weighted by Crippen LogP contribution is -2.33. The molecule has 0 fully saturated rings. The maximum atomic E-state index is 13.7. The fraction of sp³-hybridized carbons (Fsp3) is 0.400. The minimum absolute atomic E-state index is 0.101. The number of nitrogens with zero attached hydrogens (tertiary/aromatic N) is 2. The van der Waals surface area contributed by atoms with E-state index >= 15 is 0 Å². The molecule has 0 aliphatic rings. The molecule has 1 N–H and O–H groups in total. The van der Waals surface area contributed by atoms with Crippen molar-refractivity contribution in [3.63, 3.8) is 0 Å². The molecule has 0 amide bonds. The van der Waals surface area contributed by atoms with E-state index in [2.05, 4.69) is 10.4 Å². The minimum Gasteiger partial charge on any atom is -0.314 e. The van der Waals surface area contributed by atoms with Crippen LogP contribution in [0, 0.1) is 11.6 Å². The lowest BCUT2D eigenvalue weighted by atomic mass is 10.00. The molecule has 3 nitrogen and oxygen atoms in total. The topological polar surface area (TPSA) is 29.9 Å². The number of aryl methyl sites for hydroxylation is 1. The summed E-state index contributed by atoms with van der Waals surface area (Å²) in [5.74, 6) is -1.03. The third-order valence-electron chi connectivity index (χ3n) is 3.21. The summed E-state index contributed by atoms with van der Waals surface area (Å²) in [6, 6.07) is 3.84. The van der Waals surface area contributed by atoms with Crippen molar-refractivity contribution in [2.75, 3.05) is 6.54 Å². The third kappa shape index (κ3) is 3.87. The molecule has 0 aliphatic heterocycles. The zero-order valence-electron chi connectivity index (χ0n) is 11.7. The Morgan fingerprint density at radius 1 is 1.30 bits per heavy atom. The van der Waals surface area contributed by atoms with E-state index < -0.39 is 11.6 Å². The van der Waals surface area contributed by atoms with Gasteiger partial charge in [0.1, 0.15) is 11.6 Å². The fourth-order valence-corrected chi connectivity index (χ4v) is 2.32. The Balaban J connectivity index is 2.08. The van der Waals surface area contributed by atoms with Gasteiger partial charge in [-0.1, -0.05) is 13.0 Å². The first-order valence-electron chi connectivity index (χ1n) is 6.73. The van der Waals surface area contributed by atoms with Gasteiger partial charge in [-0.15, -0.1) is 0 Å². The first kappa shape index (κ1) is 14.7. The van der Waals surface area contributed by atoms with Crippen molar-refractivity contribution < 1.29 is 8.78 Å². The van der Waals surface area contributed by atoms with Crippen LogP contribution in [0.5, 0.6) is 0 Å². The van der Waals surface area contributed by atoms with Crippen molar-refractivity contribution in [3.8, 4) is 0 Å². The molecule has 0 aliphatic carbocycles. The van der Waals surface area contributed by atoms with Crippen molar-refractivity contribution in [1.82, 2.24) is 15.1 Å². The molecule has 20 heavy (non-hydrogen) atoms. The lowest BCUT2D eigenvalue weighted by molar-refractivity contribution is 0.501. The SMILES string of the molecule is CCNC(Cc1cnn(C)c1)Cc1ccc(F)cc1F. The van der Waals surface area contributed by atoms with Crippen LogP contribution >= 0.6 is 0 Å². The number of halogens is 2. The third-order valence-corrected chi connectivity index (χ3v) is 3.21. The molecule has 5 heteroatoms. The average Bonchev–Trinajstić information content (AvgIpc) is 2.78. The molecule has 1 unspecified atom stereocenters. The van der Waals surface area contributed by atoms with Crippen LogP contribution in [0.15, 0.2) is 30.6 Å². The highest BCUT2D eigenvalue weighted by Crippen LogP contribution is 2.14. The summed E-state index contributed by atoms with van der Waals surface area (Å²) in [4.78, 5) is 0. The molecule has 0 radical (unpaired) electrons. The number of aromatic nitrogens is 2. The Hall–Kier alpha value is -1.75. The van der Waals surface area contributed by atoms with Gasteiger partial charge in [-0.25, -0.2) is 8.78 Å². The second kappa shape index (κ2) is 6.61. The molecular formula is C15H19F2N3. The molecule has 1 aromatic carbocycles. The molecule has 108 valence electrons. The number of hydrogen-bond donors (Lipinski definition) is 1. The van der Waals surface area contributed by atoms with Gasteiger partial charge in [0.2, 0.25) is 0 Å². The van der Waals surface area contributed by atoms with Crippen LogP contribution in [0.25, 0.3) is 0 Å². The molecule has 0 saturated heterocycles. The lowest BCUT2D eigenvalue weighted by Gasteiger charge is -2.17.